The van der Waals surface area contributed by atoms with E-state index >= 15 is 0 Å². The molecule has 0 aliphatic rings. The third-order valence-corrected chi connectivity index (χ3v) is 3.63. The van der Waals surface area contributed by atoms with Gasteiger partial charge in [-0.2, -0.15) is 0 Å². The second-order valence-electron chi connectivity index (χ2n) is 5.37. The average molecular weight is 333 g/mol. The fraction of sp³-hybridized carbons (Fsp3) is 0.111. The highest BCUT2D eigenvalue weighted by molar-refractivity contribution is 5.78. The highest BCUT2D eigenvalue weighted by atomic mass is 16.5. The molecule has 0 atom stereocenters. The Morgan fingerprint density at radius 1 is 0.800 bits per heavy atom. The number of tetrazole rings is 1. The molecule has 0 fully saturated rings. The van der Waals surface area contributed by atoms with Gasteiger partial charge in [-0.1, -0.05) is 36.4 Å². The minimum absolute atomic E-state index is 0.238. The summed E-state index contributed by atoms with van der Waals surface area (Å²) in [5, 5.41) is 14.6. The van der Waals surface area contributed by atoms with E-state index < -0.39 is 0 Å². The lowest BCUT2D eigenvalue weighted by Gasteiger charge is -2.11. The van der Waals surface area contributed by atoms with Gasteiger partial charge >= 0.3 is 0 Å². The first-order chi connectivity index (χ1) is 12.4. The minimum Gasteiger partial charge on any atom is -0.483 e. The molecule has 7 heteroatoms. The Morgan fingerprint density at radius 2 is 1.56 bits per heavy atom. The van der Waals surface area contributed by atoms with Crippen molar-refractivity contribution in [3.05, 3.63) is 72.2 Å². The predicted molar refractivity (Wildman–Crippen MR) is 91.0 cm³/mol. The molecule has 25 heavy (non-hydrogen) atoms. The van der Waals surface area contributed by atoms with E-state index in [1.807, 2.05) is 60.7 Å². The van der Waals surface area contributed by atoms with Crippen molar-refractivity contribution in [2.45, 2.75) is 13.2 Å². The molecule has 2 aromatic heterocycles. The van der Waals surface area contributed by atoms with E-state index in [1.165, 1.54) is 0 Å². The van der Waals surface area contributed by atoms with Crippen molar-refractivity contribution in [3.63, 3.8) is 0 Å². The van der Waals surface area contributed by atoms with Crippen LogP contribution in [0.3, 0.4) is 0 Å². The maximum atomic E-state index is 5.89. The molecule has 0 aliphatic heterocycles. The predicted octanol–water partition coefficient (Wildman–Crippen LogP) is 2.91. The fourth-order valence-electron chi connectivity index (χ4n) is 2.42. The second kappa shape index (κ2) is 6.96. The molecule has 2 heterocycles. The quantitative estimate of drug-likeness (QED) is 0.584. The number of nitrogens with zero attached hydrogens (tertiary/aromatic N) is 4. The lowest BCUT2D eigenvalue weighted by molar-refractivity contribution is 0.249. The number of rotatable bonds is 6. The number of H-pyrrole nitrogens is 1. The van der Waals surface area contributed by atoms with Crippen LogP contribution in [0.15, 0.2) is 60.7 Å². The van der Waals surface area contributed by atoms with E-state index in [1.54, 1.807) is 0 Å². The molecule has 7 nitrogen and oxygen atoms in total. The first-order valence-corrected chi connectivity index (χ1v) is 7.80. The Balaban J connectivity index is 1.46. The summed E-state index contributed by atoms with van der Waals surface area (Å²) in [5.74, 6) is 1.82. The van der Waals surface area contributed by atoms with Crippen LogP contribution in [0.5, 0.6) is 11.5 Å². The topological polar surface area (TPSA) is 85.8 Å². The SMILES string of the molecule is c1ccc(OCc2nnn[nH]2)c(OCc2ccc3ccccc3n2)c1. The lowest BCUT2D eigenvalue weighted by atomic mass is 10.2. The molecule has 0 unspecified atom stereocenters. The molecular weight excluding hydrogens is 318 g/mol. The van der Waals surface area contributed by atoms with Gasteiger partial charge in [-0.05, 0) is 34.7 Å². The molecule has 0 radical (unpaired) electrons. The summed E-state index contributed by atoms with van der Waals surface area (Å²) < 4.78 is 11.6. The average Bonchev–Trinajstić information content (AvgIpc) is 3.19. The summed E-state index contributed by atoms with van der Waals surface area (Å²) >= 11 is 0. The van der Waals surface area contributed by atoms with Crippen LogP contribution in [0.25, 0.3) is 10.9 Å². The van der Waals surface area contributed by atoms with E-state index in [0.717, 1.165) is 16.6 Å². The number of benzene rings is 2. The van der Waals surface area contributed by atoms with Crippen molar-refractivity contribution in [2.24, 2.45) is 0 Å². The number of hydrogen-bond acceptors (Lipinski definition) is 6. The summed E-state index contributed by atoms with van der Waals surface area (Å²) in [4.78, 5) is 4.61. The van der Waals surface area contributed by atoms with Crippen molar-refractivity contribution in [2.75, 3.05) is 0 Å². The summed E-state index contributed by atoms with van der Waals surface area (Å²) in [5.41, 5.74) is 1.80. The molecule has 0 saturated carbocycles. The molecule has 0 saturated heterocycles. The van der Waals surface area contributed by atoms with Crippen LogP contribution in [0, 0.1) is 0 Å². The largest absolute Gasteiger partial charge is 0.483 e. The molecule has 2 aromatic carbocycles. The first kappa shape index (κ1) is 15.1. The molecule has 124 valence electrons. The summed E-state index contributed by atoms with van der Waals surface area (Å²) in [6.07, 6.45) is 0. The van der Waals surface area contributed by atoms with Gasteiger partial charge in [-0.25, -0.2) is 10.1 Å². The Bertz CT molecular complexity index is 972. The molecule has 4 rings (SSSR count). The van der Waals surface area contributed by atoms with Crippen molar-refractivity contribution in [1.29, 1.82) is 0 Å². The first-order valence-electron chi connectivity index (χ1n) is 7.80. The van der Waals surface area contributed by atoms with Crippen LogP contribution in [0.4, 0.5) is 0 Å². The van der Waals surface area contributed by atoms with Crippen LogP contribution in [-0.2, 0) is 13.2 Å². The Hall–Kier alpha value is -3.48. The molecule has 1 N–H and O–H groups in total. The number of hydrogen-bond donors (Lipinski definition) is 1. The van der Waals surface area contributed by atoms with Crippen LogP contribution >= 0.6 is 0 Å². The monoisotopic (exact) mass is 333 g/mol. The van der Waals surface area contributed by atoms with E-state index in [0.29, 0.717) is 23.9 Å². The van der Waals surface area contributed by atoms with Gasteiger partial charge in [-0.15, -0.1) is 5.10 Å². The molecule has 0 amide bonds. The van der Waals surface area contributed by atoms with Gasteiger partial charge in [0.25, 0.3) is 0 Å². The van der Waals surface area contributed by atoms with Crippen LogP contribution in [-0.4, -0.2) is 25.6 Å². The van der Waals surface area contributed by atoms with Gasteiger partial charge in [0.15, 0.2) is 17.3 Å². The smallest absolute Gasteiger partial charge is 0.186 e. The molecule has 0 aliphatic carbocycles. The van der Waals surface area contributed by atoms with Gasteiger partial charge in [0.1, 0.15) is 13.2 Å². The molecule has 0 bridgehead atoms. The number of nitrogens with one attached hydrogen (secondary N) is 1. The fourth-order valence-corrected chi connectivity index (χ4v) is 2.42. The zero-order valence-electron chi connectivity index (χ0n) is 13.3. The Labute approximate surface area is 143 Å². The number of para-hydroxylation sites is 3. The maximum Gasteiger partial charge on any atom is 0.186 e. The summed E-state index contributed by atoms with van der Waals surface area (Å²) in [6, 6.07) is 19.5. The van der Waals surface area contributed by atoms with Gasteiger partial charge in [-0.3, -0.25) is 0 Å². The van der Waals surface area contributed by atoms with Crippen molar-refractivity contribution in [3.8, 4) is 11.5 Å². The Kier molecular flexibility index (Phi) is 4.20. The van der Waals surface area contributed by atoms with E-state index in [-0.39, 0.29) is 6.61 Å². The van der Waals surface area contributed by atoms with Gasteiger partial charge in [0.05, 0.1) is 11.2 Å². The van der Waals surface area contributed by atoms with Crippen LogP contribution in [0.1, 0.15) is 11.5 Å². The van der Waals surface area contributed by atoms with E-state index in [4.69, 9.17) is 9.47 Å². The zero-order chi connectivity index (χ0) is 16.9. The summed E-state index contributed by atoms with van der Waals surface area (Å²) in [6.45, 7) is 0.594. The number of pyridine rings is 1. The number of aromatic nitrogens is 5. The van der Waals surface area contributed by atoms with Crippen molar-refractivity contribution >= 4 is 10.9 Å². The highest BCUT2D eigenvalue weighted by Crippen LogP contribution is 2.27. The van der Waals surface area contributed by atoms with E-state index in [2.05, 4.69) is 25.6 Å². The van der Waals surface area contributed by atoms with Gasteiger partial charge in [0, 0.05) is 5.39 Å². The normalized spacial score (nSPS) is 10.7. The summed E-state index contributed by atoms with van der Waals surface area (Å²) in [7, 11) is 0. The Morgan fingerprint density at radius 3 is 2.36 bits per heavy atom. The third kappa shape index (κ3) is 3.55. The second-order valence-corrected chi connectivity index (χ2v) is 5.37. The van der Waals surface area contributed by atoms with Crippen molar-refractivity contribution < 1.29 is 9.47 Å². The standard InChI is InChI=1S/C18H15N5O2/c1-2-6-15-13(5-1)9-10-14(19-15)11-24-16-7-3-4-8-17(16)25-12-18-20-22-23-21-18/h1-10H,11-12H2,(H,20,21,22,23). The highest BCUT2D eigenvalue weighted by Gasteiger charge is 2.07. The lowest BCUT2D eigenvalue weighted by Crippen LogP contribution is -2.02. The molecule has 4 aromatic rings. The van der Waals surface area contributed by atoms with Crippen LogP contribution in [0.2, 0.25) is 0 Å². The number of ether oxygens (including phenoxy) is 2. The third-order valence-electron chi connectivity index (χ3n) is 3.63. The number of fused-ring (bicyclic) bond motifs is 1. The van der Waals surface area contributed by atoms with Gasteiger partial charge < -0.3 is 9.47 Å². The molecule has 0 spiro atoms. The molecular formula is C18H15N5O2. The van der Waals surface area contributed by atoms with Crippen LogP contribution < -0.4 is 9.47 Å². The van der Waals surface area contributed by atoms with Crippen molar-refractivity contribution in [1.82, 2.24) is 25.6 Å². The van der Waals surface area contributed by atoms with E-state index in [9.17, 15) is 0 Å². The zero-order valence-corrected chi connectivity index (χ0v) is 13.3. The van der Waals surface area contributed by atoms with Gasteiger partial charge in [0.2, 0.25) is 0 Å². The number of aromatic amines is 1. The minimum atomic E-state index is 0.238. The maximum absolute atomic E-state index is 5.89.